The molecule has 0 saturated carbocycles. The SMILES string of the molecule is COCCOCCOCCOCCOCCOCCOCCOCCOc1cccc(C(=O)Nc2sc3c(c2C(=O)N/N=C/c2ccc(Cl)c(C(F)(F)F)c2)CCC(C)(C)C3)c1. The number of anilines is 1. The number of carbonyl (C=O) groups is 2. The van der Waals surface area contributed by atoms with Crippen LogP contribution >= 0.6 is 22.9 Å². The molecule has 0 bridgehead atoms. The molecule has 0 spiro atoms. The zero-order chi connectivity index (χ0) is 44.6. The molecule has 0 unspecified atom stereocenters. The van der Waals surface area contributed by atoms with Gasteiger partial charge in [-0.05, 0) is 66.1 Å². The van der Waals surface area contributed by atoms with E-state index in [0.29, 0.717) is 128 Å². The molecular weight excluding hydrogens is 859 g/mol. The van der Waals surface area contributed by atoms with Crippen molar-refractivity contribution in [2.45, 2.75) is 39.3 Å². The highest BCUT2D eigenvalue weighted by molar-refractivity contribution is 7.17. The predicted octanol–water partition coefficient (Wildman–Crippen LogP) is 7.09. The minimum absolute atomic E-state index is 0.000635. The fraction of sp³-hybridized carbons (Fsp3) is 0.558. The molecule has 2 aromatic carbocycles. The van der Waals surface area contributed by atoms with Crippen LogP contribution in [0.5, 0.6) is 5.75 Å². The average molecular weight is 916 g/mol. The highest BCUT2D eigenvalue weighted by Crippen LogP contribution is 2.44. The first-order valence-corrected chi connectivity index (χ1v) is 21.5. The Labute approximate surface area is 369 Å². The molecule has 0 aliphatic heterocycles. The number of methoxy groups -OCH3 is 1. The lowest BCUT2D eigenvalue weighted by Crippen LogP contribution is -2.25. The Kier molecular flexibility index (Phi) is 22.6. The van der Waals surface area contributed by atoms with Crippen molar-refractivity contribution >= 4 is 46.0 Å². The number of ether oxygens (including phenoxy) is 9. The topological polar surface area (TPSA) is 154 Å². The first-order chi connectivity index (χ1) is 29.9. The standard InChI is InChI=1S/C43H57ClF3N3O11S/c1-42(2)10-9-34-37(29-42)62-41(38(34)40(52)50-48-30-31-7-8-36(44)35(27-31)43(45,46)47)49-39(51)32-5-4-6-33(28-32)61-26-25-60-24-23-59-22-21-58-20-19-57-18-17-56-16-15-55-14-13-54-12-11-53-3/h4-8,27-28,30H,9-26,29H2,1-3H3,(H,49,51)(H,50,52)/b48-30+. The van der Waals surface area contributed by atoms with E-state index in [1.165, 1.54) is 17.4 Å². The zero-order valence-electron chi connectivity index (χ0n) is 35.4. The number of amides is 2. The van der Waals surface area contributed by atoms with Crippen molar-refractivity contribution < 1.29 is 65.4 Å². The number of hydrogen-bond donors (Lipinski definition) is 2. The Balaban J connectivity index is 1.11. The molecular formula is C43H57ClF3N3O11S. The van der Waals surface area contributed by atoms with E-state index in [1.807, 2.05) is 0 Å². The highest BCUT2D eigenvalue weighted by atomic mass is 35.5. The number of thiophene rings is 1. The van der Waals surface area contributed by atoms with Crippen LogP contribution in [0.25, 0.3) is 0 Å². The molecule has 2 amide bonds. The van der Waals surface area contributed by atoms with E-state index < -0.39 is 28.6 Å². The van der Waals surface area contributed by atoms with Crippen molar-refractivity contribution in [3.05, 3.63) is 80.2 Å². The second-order valence-electron chi connectivity index (χ2n) is 14.6. The zero-order valence-corrected chi connectivity index (χ0v) is 37.0. The Bertz CT molecular complexity index is 1850. The van der Waals surface area contributed by atoms with Gasteiger partial charge < -0.3 is 47.9 Å². The van der Waals surface area contributed by atoms with Gasteiger partial charge in [-0.1, -0.05) is 37.6 Å². The van der Waals surface area contributed by atoms with Crippen molar-refractivity contribution in [3.63, 3.8) is 0 Å². The number of benzene rings is 2. The monoisotopic (exact) mass is 915 g/mol. The molecule has 1 aromatic heterocycles. The fourth-order valence-corrected chi connectivity index (χ4v) is 7.70. The number of halogens is 4. The summed E-state index contributed by atoms with van der Waals surface area (Å²) in [6.07, 6.45) is -1.40. The number of carbonyl (C=O) groups excluding carboxylic acids is 2. The van der Waals surface area contributed by atoms with E-state index >= 15 is 0 Å². The van der Waals surface area contributed by atoms with Gasteiger partial charge in [-0.25, -0.2) is 5.43 Å². The van der Waals surface area contributed by atoms with Gasteiger partial charge in [0.05, 0.1) is 121 Å². The summed E-state index contributed by atoms with van der Waals surface area (Å²) in [5, 5.41) is 6.72. The molecule has 1 heterocycles. The summed E-state index contributed by atoms with van der Waals surface area (Å²) in [5.74, 6) is -0.581. The van der Waals surface area contributed by atoms with Gasteiger partial charge in [0.1, 0.15) is 17.4 Å². The second kappa shape index (κ2) is 27.5. The van der Waals surface area contributed by atoms with Crippen LogP contribution in [0.15, 0.2) is 47.6 Å². The van der Waals surface area contributed by atoms with Gasteiger partial charge in [0, 0.05) is 17.6 Å². The maximum absolute atomic E-state index is 13.5. The summed E-state index contributed by atoms with van der Waals surface area (Å²) in [4.78, 5) is 28.0. The van der Waals surface area contributed by atoms with Crippen LogP contribution in [-0.2, 0) is 56.9 Å². The van der Waals surface area contributed by atoms with Gasteiger partial charge in [-0.15, -0.1) is 11.3 Å². The van der Waals surface area contributed by atoms with Gasteiger partial charge >= 0.3 is 6.18 Å². The molecule has 14 nitrogen and oxygen atoms in total. The maximum atomic E-state index is 13.5. The molecule has 0 saturated heterocycles. The summed E-state index contributed by atoms with van der Waals surface area (Å²) in [7, 11) is 1.63. The maximum Gasteiger partial charge on any atom is 0.417 e. The minimum Gasteiger partial charge on any atom is -0.491 e. The van der Waals surface area contributed by atoms with Gasteiger partial charge in [-0.3, -0.25) is 9.59 Å². The summed E-state index contributed by atoms with van der Waals surface area (Å²) in [5.41, 5.74) is 2.91. The molecule has 1 aliphatic carbocycles. The van der Waals surface area contributed by atoms with E-state index in [0.717, 1.165) is 35.2 Å². The quantitative estimate of drug-likeness (QED) is 0.0401. The van der Waals surface area contributed by atoms with Gasteiger partial charge in [0.15, 0.2) is 0 Å². The lowest BCUT2D eigenvalue weighted by atomic mass is 9.77. The van der Waals surface area contributed by atoms with Crippen LogP contribution in [0.4, 0.5) is 18.2 Å². The lowest BCUT2D eigenvalue weighted by Gasteiger charge is -2.29. The first kappa shape index (κ1) is 50.9. The third-order valence-corrected chi connectivity index (χ3v) is 10.6. The Morgan fingerprint density at radius 1 is 0.774 bits per heavy atom. The van der Waals surface area contributed by atoms with Crippen molar-refractivity contribution in [3.8, 4) is 5.75 Å². The fourth-order valence-electron chi connectivity index (χ4n) is 5.98. The number of hydrogen-bond acceptors (Lipinski definition) is 13. The summed E-state index contributed by atoms with van der Waals surface area (Å²) >= 11 is 7.05. The molecule has 0 fully saturated rings. The van der Waals surface area contributed by atoms with Crippen LogP contribution < -0.4 is 15.5 Å². The number of hydrazone groups is 1. The largest absolute Gasteiger partial charge is 0.491 e. The molecule has 1 aliphatic rings. The second-order valence-corrected chi connectivity index (χ2v) is 16.1. The van der Waals surface area contributed by atoms with E-state index in [2.05, 4.69) is 29.7 Å². The summed E-state index contributed by atoms with van der Waals surface area (Å²) in [6.45, 7) is 11.4. The van der Waals surface area contributed by atoms with Crippen molar-refractivity contribution in [1.29, 1.82) is 0 Å². The molecule has 2 N–H and O–H groups in total. The molecule has 19 heteroatoms. The number of rotatable bonds is 30. The van der Waals surface area contributed by atoms with Crippen LogP contribution in [0.1, 0.15) is 62.6 Å². The number of fused-ring (bicyclic) bond motifs is 1. The normalized spacial score (nSPS) is 13.7. The predicted molar refractivity (Wildman–Crippen MR) is 229 cm³/mol. The summed E-state index contributed by atoms with van der Waals surface area (Å²) in [6, 6.07) is 9.97. The highest BCUT2D eigenvalue weighted by Gasteiger charge is 2.34. The lowest BCUT2D eigenvalue weighted by molar-refractivity contribution is -0.137. The number of nitrogens with zero attached hydrogens (tertiary/aromatic N) is 1. The Morgan fingerprint density at radius 2 is 1.32 bits per heavy atom. The third-order valence-electron chi connectivity index (χ3n) is 9.17. The van der Waals surface area contributed by atoms with Crippen LogP contribution in [0.3, 0.4) is 0 Å². The van der Waals surface area contributed by atoms with Crippen LogP contribution in [0.2, 0.25) is 5.02 Å². The van der Waals surface area contributed by atoms with Gasteiger partial charge in [0.25, 0.3) is 11.8 Å². The van der Waals surface area contributed by atoms with Crippen molar-refractivity contribution in [2.24, 2.45) is 10.5 Å². The number of nitrogens with one attached hydrogen (secondary N) is 2. The van der Waals surface area contributed by atoms with Crippen LogP contribution in [0, 0.1) is 5.41 Å². The first-order valence-electron chi connectivity index (χ1n) is 20.3. The van der Waals surface area contributed by atoms with E-state index in [-0.39, 0.29) is 23.1 Å². The van der Waals surface area contributed by atoms with Gasteiger partial charge in [-0.2, -0.15) is 18.3 Å². The van der Waals surface area contributed by atoms with Crippen molar-refractivity contribution in [2.75, 3.05) is 118 Å². The Hall–Kier alpha value is -3.69. The van der Waals surface area contributed by atoms with E-state index in [1.54, 1.807) is 31.4 Å². The van der Waals surface area contributed by atoms with Gasteiger partial charge in [0.2, 0.25) is 0 Å². The van der Waals surface area contributed by atoms with E-state index in [9.17, 15) is 22.8 Å². The van der Waals surface area contributed by atoms with Crippen molar-refractivity contribution in [1.82, 2.24) is 5.43 Å². The Morgan fingerprint density at radius 3 is 1.87 bits per heavy atom. The van der Waals surface area contributed by atoms with E-state index in [4.69, 9.17) is 54.2 Å². The third kappa shape index (κ3) is 18.6. The molecule has 0 atom stereocenters. The molecule has 4 rings (SSSR count). The smallest absolute Gasteiger partial charge is 0.417 e. The molecule has 62 heavy (non-hydrogen) atoms. The number of alkyl halides is 3. The molecule has 0 radical (unpaired) electrons. The average Bonchev–Trinajstić information content (AvgIpc) is 3.58. The molecule has 344 valence electrons. The molecule has 3 aromatic rings. The minimum atomic E-state index is -4.65. The van der Waals surface area contributed by atoms with Crippen LogP contribution in [-0.4, -0.2) is 131 Å². The summed E-state index contributed by atoms with van der Waals surface area (Å²) < 4.78 is 89.0.